The molecule has 1 aromatic carbocycles. The number of imide groups is 1. The molecule has 9 heteroatoms. The molecule has 0 spiro atoms. The van der Waals surface area contributed by atoms with Gasteiger partial charge in [0.1, 0.15) is 6.54 Å². The van der Waals surface area contributed by atoms with Gasteiger partial charge in [0.2, 0.25) is 5.91 Å². The van der Waals surface area contributed by atoms with Crippen LogP contribution in [-0.2, 0) is 4.79 Å². The molecule has 0 N–H and O–H groups in total. The van der Waals surface area contributed by atoms with Crippen molar-refractivity contribution >= 4 is 17.5 Å². The van der Waals surface area contributed by atoms with Crippen molar-refractivity contribution in [3.05, 3.63) is 39.9 Å². The molecule has 0 saturated heterocycles. The molecule has 0 fully saturated rings. The number of hydrogen-bond donors (Lipinski definition) is 0. The molecular formula is C11H9F3N2O4. The van der Waals surface area contributed by atoms with Gasteiger partial charge in [-0.15, -0.1) is 0 Å². The monoisotopic (exact) mass is 290 g/mol. The van der Waals surface area contributed by atoms with E-state index >= 15 is 0 Å². The standard InChI is InChI=1S/C11H9F3N2O4/c1-7(17)15(6-11(12,13)14)10(18)8-2-4-9(5-3-8)16(19)20/h2-5H,6H2,1H3. The number of carbonyl (C=O) groups is 2. The van der Waals surface area contributed by atoms with Crippen molar-refractivity contribution in [2.24, 2.45) is 0 Å². The second-order valence-corrected chi connectivity index (χ2v) is 3.83. The molecule has 0 aliphatic carbocycles. The summed E-state index contributed by atoms with van der Waals surface area (Å²) in [6, 6.07) is 3.93. The first kappa shape index (κ1) is 15.6. The summed E-state index contributed by atoms with van der Waals surface area (Å²) in [5.74, 6) is -2.23. The van der Waals surface area contributed by atoms with Gasteiger partial charge in [0.15, 0.2) is 0 Å². The molecule has 0 atom stereocenters. The van der Waals surface area contributed by atoms with E-state index in [4.69, 9.17) is 0 Å². The van der Waals surface area contributed by atoms with Crippen LogP contribution in [0.1, 0.15) is 17.3 Å². The number of non-ortho nitro benzene ring substituents is 1. The summed E-state index contributed by atoms with van der Waals surface area (Å²) in [5.41, 5.74) is -0.554. The van der Waals surface area contributed by atoms with Gasteiger partial charge >= 0.3 is 6.18 Å². The fraction of sp³-hybridized carbons (Fsp3) is 0.273. The zero-order chi connectivity index (χ0) is 15.5. The molecule has 6 nitrogen and oxygen atoms in total. The van der Waals surface area contributed by atoms with Crippen LogP contribution in [-0.4, -0.2) is 34.4 Å². The Kier molecular flexibility index (Phi) is 4.43. The lowest BCUT2D eigenvalue weighted by Crippen LogP contribution is -2.42. The van der Waals surface area contributed by atoms with E-state index in [1.54, 1.807) is 0 Å². The van der Waals surface area contributed by atoms with Crippen LogP contribution in [0.2, 0.25) is 0 Å². The van der Waals surface area contributed by atoms with E-state index < -0.39 is 29.5 Å². The van der Waals surface area contributed by atoms with Crippen LogP contribution in [0.5, 0.6) is 0 Å². The third-order valence-corrected chi connectivity index (χ3v) is 2.29. The number of benzene rings is 1. The summed E-state index contributed by atoms with van der Waals surface area (Å²) < 4.78 is 36.8. The lowest BCUT2D eigenvalue weighted by molar-refractivity contribution is -0.384. The van der Waals surface area contributed by atoms with Crippen LogP contribution in [0.3, 0.4) is 0 Å². The largest absolute Gasteiger partial charge is 0.406 e. The van der Waals surface area contributed by atoms with E-state index in [1.165, 1.54) is 0 Å². The number of nitrogens with zero attached hydrogens (tertiary/aromatic N) is 2. The lowest BCUT2D eigenvalue weighted by Gasteiger charge is -2.20. The number of alkyl halides is 3. The molecule has 0 heterocycles. The predicted molar refractivity (Wildman–Crippen MR) is 60.9 cm³/mol. The van der Waals surface area contributed by atoms with Gasteiger partial charge in [-0.1, -0.05) is 0 Å². The Morgan fingerprint density at radius 2 is 1.75 bits per heavy atom. The predicted octanol–water partition coefficient (Wildman–Crippen LogP) is 2.15. The molecule has 0 saturated carbocycles. The van der Waals surface area contributed by atoms with Gasteiger partial charge in [0.05, 0.1) is 4.92 Å². The summed E-state index contributed by atoms with van der Waals surface area (Å²) in [4.78, 5) is 32.6. The fourth-order valence-corrected chi connectivity index (χ4v) is 1.39. The maximum Gasteiger partial charge on any atom is 0.406 e. The van der Waals surface area contributed by atoms with Crippen LogP contribution in [0.25, 0.3) is 0 Å². The summed E-state index contributed by atoms with van der Waals surface area (Å²) >= 11 is 0. The van der Waals surface area contributed by atoms with Crippen LogP contribution in [0, 0.1) is 10.1 Å². The highest BCUT2D eigenvalue weighted by Gasteiger charge is 2.35. The van der Waals surface area contributed by atoms with E-state index in [1.807, 2.05) is 0 Å². The second-order valence-electron chi connectivity index (χ2n) is 3.83. The maximum absolute atomic E-state index is 12.3. The smallest absolute Gasteiger partial charge is 0.275 e. The molecule has 0 aliphatic rings. The highest BCUT2D eigenvalue weighted by atomic mass is 19.4. The first-order chi connectivity index (χ1) is 9.11. The number of nitro benzene ring substituents is 1. The minimum atomic E-state index is -4.72. The number of amides is 2. The first-order valence-electron chi connectivity index (χ1n) is 5.25. The van der Waals surface area contributed by atoms with Crippen molar-refractivity contribution in [3.63, 3.8) is 0 Å². The van der Waals surface area contributed by atoms with Gasteiger partial charge in [-0.25, -0.2) is 0 Å². The van der Waals surface area contributed by atoms with Gasteiger partial charge in [0.25, 0.3) is 11.6 Å². The van der Waals surface area contributed by atoms with Gasteiger partial charge in [-0.3, -0.25) is 24.6 Å². The van der Waals surface area contributed by atoms with Crippen molar-refractivity contribution in [2.45, 2.75) is 13.1 Å². The van der Waals surface area contributed by atoms with E-state index in [-0.39, 0.29) is 16.2 Å². The minimum Gasteiger partial charge on any atom is -0.275 e. The Balaban J connectivity index is 3.01. The van der Waals surface area contributed by atoms with Crippen LogP contribution >= 0.6 is 0 Å². The van der Waals surface area contributed by atoms with Crippen molar-refractivity contribution < 1.29 is 27.7 Å². The van der Waals surface area contributed by atoms with Crippen molar-refractivity contribution in [3.8, 4) is 0 Å². The molecule has 0 unspecified atom stereocenters. The highest BCUT2D eigenvalue weighted by Crippen LogP contribution is 2.19. The van der Waals surface area contributed by atoms with Gasteiger partial charge in [0, 0.05) is 24.6 Å². The fourth-order valence-electron chi connectivity index (χ4n) is 1.39. The summed E-state index contributed by atoms with van der Waals surface area (Å²) in [7, 11) is 0. The zero-order valence-electron chi connectivity index (χ0n) is 10.2. The van der Waals surface area contributed by atoms with Crippen LogP contribution < -0.4 is 0 Å². The van der Waals surface area contributed by atoms with Gasteiger partial charge in [-0.2, -0.15) is 13.2 Å². The Morgan fingerprint density at radius 1 is 1.25 bits per heavy atom. The Bertz CT molecular complexity index is 540. The Hall–Kier alpha value is -2.45. The average Bonchev–Trinajstić information content (AvgIpc) is 2.34. The summed E-state index contributed by atoms with van der Waals surface area (Å²) in [6.45, 7) is -0.882. The van der Waals surface area contributed by atoms with E-state index in [0.717, 1.165) is 31.2 Å². The number of halogens is 3. The maximum atomic E-state index is 12.3. The quantitative estimate of drug-likeness (QED) is 0.631. The second kappa shape index (κ2) is 5.68. The third kappa shape index (κ3) is 4.04. The normalized spacial score (nSPS) is 11.0. The van der Waals surface area contributed by atoms with Crippen molar-refractivity contribution in [1.82, 2.24) is 4.90 Å². The minimum absolute atomic E-state index is 0.0289. The number of hydrogen-bond acceptors (Lipinski definition) is 4. The number of nitro groups is 1. The number of carbonyl (C=O) groups excluding carboxylic acids is 2. The van der Waals surface area contributed by atoms with E-state index in [9.17, 15) is 32.9 Å². The molecule has 2 amide bonds. The van der Waals surface area contributed by atoms with Crippen LogP contribution in [0.4, 0.5) is 18.9 Å². The highest BCUT2D eigenvalue weighted by molar-refractivity contribution is 6.04. The molecule has 108 valence electrons. The molecule has 0 aliphatic heterocycles. The molecule has 20 heavy (non-hydrogen) atoms. The molecule has 0 radical (unpaired) electrons. The van der Waals surface area contributed by atoms with E-state index in [2.05, 4.69) is 0 Å². The number of rotatable bonds is 3. The first-order valence-corrected chi connectivity index (χ1v) is 5.25. The third-order valence-electron chi connectivity index (χ3n) is 2.29. The summed E-state index contributed by atoms with van der Waals surface area (Å²) in [5, 5.41) is 10.4. The molecule has 1 rings (SSSR count). The molecular weight excluding hydrogens is 281 g/mol. The van der Waals surface area contributed by atoms with Gasteiger partial charge in [-0.05, 0) is 12.1 Å². The topological polar surface area (TPSA) is 80.5 Å². The van der Waals surface area contributed by atoms with Crippen molar-refractivity contribution in [1.29, 1.82) is 0 Å². The average molecular weight is 290 g/mol. The van der Waals surface area contributed by atoms with Crippen molar-refractivity contribution in [2.75, 3.05) is 6.54 Å². The van der Waals surface area contributed by atoms with Gasteiger partial charge < -0.3 is 0 Å². The Morgan fingerprint density at radius 3 is 2.10 bits per heavy atom. The molecule has 1 aromatic rings. The molecule has 0 bridgehead atoms. The molecule has 0 aromatic heterocycles. The SMILES string of the molecule is CC(=O)N(CC(F)(F)F)C(=O)c1ccc([N+](=O)[O-])cc1. The van der Waals surface area contributed by atoms with E-state index in [0.29, 0.717) is 0 Å². The zero-order valence-corrected chi connectivity index (χ0v) is 10.2. The summed E-state index contributed by atoms with van der Waals surface area (Å²) in [6.07, 6.45) is -4.72. The van der Waals surface area contributed by atoms with Crippen LogP contribution in [0.15, 0.2) is 24.3 Å². The Labute approximate surface area is 110 Å². The lowest BCUT2D eigenvalue weighted by atomic mass is 10.2.